The minimum absolute atomic E-state index is 0.264. The Kier molecular flexibility index (Phi) is 2.15. The molecule has 1 saturated heterocycles. The van der Waals surface area contributed by atoms with E-state index in [4.69, 9.17) is 9.84 Å². The third-order valence-corrected chi connectivity index (χ3v) is 2.02. The Morgan fingerprint density at radius 2 is 2.55 bits per heavy atom. The van der Waals surface area contributed by atoms with Gasteiger partial charge in [-0.3, -0.25) is 10.1 Å². The highest BCUT2D eigenvalue weighted by molar-refractivity contribution is 5.74. The average Bonchev–Trinajstić information content (AvgIpc) is 2.33. The van der Waals surface area contributed by atoms with Crippen LogP contribution in [0.1, 0.15) is 20.3 Å². The van der Waals surface area contributed by atoms with E-state index in [1.165, 1.54) is 0 Å². The van der Waals surface area contributed by atoms with E-state index < -0.39 is 17.7 Å². The Balaban J connectivity index is 2.53. The largest absolute Gasteiger partial charge is 0.480 e. The summed E-state index contributed by atoms with van der Waals surface area (Å²) in [4.78, 5) is 10.5. The fourth-order valence-electron chi connectivity index (χ4n) is 1.06. The number of aliphatic carboxylic acids is 1. The van der Waals surface area contributed by atoms with Gasteiger partial charge in [0.1, 0.15) is 11.8 Å². The summed E-state index contributed by atoms with van der Waals surface area (Å²) in [6.07, 6.45) is 0.775. The SMILES string of the molecule is CCC1(C)NC(C(=O)O)CO1. The normalized spacial score (nSPS) is 37.5. The Hall–Kier alpha value is -0.610. The maximum Gasteiger partial charge on any atom is 0.323 e. The summed E-state index contributed by atoms with van der Waals surface area (Å²) in [7, 11) is 0. The summed E-state index contributed by atoms with van der Waals surface area (Å²) in [5.74, 6) is -0.845. The molecule has 0 radical (unpaired) electrons. The maximum absolute atomic E-state index is 10.5. The van der Waals surface area contributed by atoms with E-state index in [-0.39, 0.29) is 6.61 Å². The minimum atomic E-state index is -0.845. The monoisotopic (exact) mass is 159 g/mol. The number of rotatable bonds is 2. The van der Waals surface area contributed by atoms with E-state index in [0.29, 0.717) is 0 Å². The molecule has 64 valence electrons. The molecule has 2 atom stereocenters. The maximum atomic E-state index is 10.5. The van der Waals surface area contributed by atoms with Crippen molar-refractivity contribution < 1.29 is 14.6 Å². The second kappa shape index (κ2) is 2.79. The third kappa shape index (κ3) is 1.70. The molecule has 0 amide bonds. The first kappa shape index (κ1) is 8.49. The molecular formula is C7H13NO3. The summed E-state index contributed by atoms with van der Waals surface area (Å²) in [5, 5.41) is 11.5. The fourth-order valence-corrected chi connectivity index (χ4v) is 1.06. The Morgan fingerprint density at radius 1 is 1.91 bits per heavy atom. The van der Waals surface area contributed by atoms with Crippen molar-refractivity contribution in [3.05, 3.63) is 0 Å². The molecule has 2 unspecified atom stereocenters. The van der Waals surface area contributed by atoms with Gasteiger partial charge >= 0.3 is 5.97 Å². The van der Waals surface area contributed by atoms with E-state index in [9.17, 15) is 4.79 Å². The molecule has 1 rings (SSSR count). The quantitative estimate of drug-likeness (QED) is 0.603. The summed E-state index contributed by atoms with van der Waals surface area (Å²) in [6, 6.07) is -0.542. The summed E-state index contributed by atoms with van der Waals surface area (Å²) in [5.41, 5.74) is -0.441. The zero-order valence-corrected chi connectivity index (χ0v) is 6.76. The highest BCUT2D eigenvalue weighted by Gasteiger charge is 2.37. The lowest BCUT2D eigenvalue weighted by atomic mass is 10.2. The second-order valence-electron chi connectivity index (χ2n) is 2.93. The van der Waals surface area contributed by atoms with Crippen LogP contribution >= 0.6 is 0 Å². The van der Waals surface area contributed by atoms with Crippen molar-refractivity contribution >= 4 is 5.97 Å². The molecule has 1 heterocycles. The van der Waals surface area contributed by atoms with E-state index in [1.54, 1.807) is 0 Å². The van der Waals surface area contributed by atoms with Gasteiger partial charge in [0.2, 0.25) is 0 Å². The van der Waals surface area contributed by atoms with Crippen LogP contribution in [0.2, 0.25) is 0 Å². The van der Waals surface area contributed by atoms with Crippen LogP contribution in [-0.4, -0.2) is 29.4 Å². The molecule has 11 heavy (non-hydrogen) atoms. The van der Waals surface area contributed by atoms with Crippen molar-refractivity contribution in [1.82, 2.24) is 5.32 Å². The first-order valence-electron chi connectivity index (χ1n) is 3.72. The van der Waals surface area contributed by atoms with Crippen LogP contribution in [0.3, 0.4) is 0 Å². The second-order valence-corrected chi connectivity index (χ2v) is 2.93. The molecule has 0 saturated carbocycles. The number of hydrogen-bond donors (Lipinski definition) is 2. The molecule has 4 heteroatoms. The lowest BCUT2D eigenvalue weighted by Crippen LogP contribution is -2.43. The van der Waals surface area contributed by atoms with Gasteiger partial charge in [-0.15, -0.1) is 0 Å². The zero-order chi connectivity index (χ0) is 8.48. The lowest BCUT2D eigenvalue weighted by molar-refractivity contribution is -0.139. The molecule has 0 aromatic rings. The topological polar surface area (TPSA) is 58.6 Å². The van der Waals surface area contributed by atoms with Gasteiger partial charge in [0, 0.05) is 0 Å². The van der Waals surface area contributed by atoms with Crippen molar-refractivity contribution in [3.63, 3.8) is 0 Å². The van der Waals surface area contributed by atoms with Crippen LogP contribution in [0, 0.1) is 0 Å². The first-order valence-corrected chi connectivity index (χ1v) is 3.72. The Morgan fingerprint density at radius 3 is 2.82 bits per heavy atom. The average molecular weight is 159 g/mol. The molecule has 0 aromatic heterocycles. The lowest BCUT2D eigenvalue weighted by Gasteiger charge is -2.21. The van der Waals surface area contributed by atoms with E-state index >= 15 is 0 Å². The summed E-state index contributed by atoms with van der Waals surface area (Å²) < 4.78 is 5.27. The molecule has 2 N–H and O–H groups in total. The summed E-state index contributed by atoms with van der Waals surface area (Å²) >= 11 is 0. The molecule has 0 spiro atoms. The van der Waals surface area contributed by atoms with Gasteiger partial charge < -0.3 is 9.84 Å². The summed E-state index contributed by atoms with van der Waals surface area (Å²) in [6.45, 7) is 4.08. The number of nitrogens with one attached hydrogen (secondary N) is 1. The van der Waals surface area contributed by atoms with Crippen molar-refractivity contribution in [2.24, 2.45) is 0 Å². The number of carbonyl (C=O) groups is 1. The number of ether oxygens (including phenoxy) is 1. The van der Waals surface area contributed by atoms with Crippen LogP contribution in [-0.2, 0) is 9.53 Å². The minimum Gasteiger partial charge on any atom is -0.480 e. The smallest absolute Gasteiger partial charge is 0.323 e. The number of carboxylic acids is 1. The molecule has 4 nitrogen and oxygen atoms in total. The van der Waals surface area contributed by atoms with Gasteiger partial charge in [0.15, 0.2) is 0 Å². The standard InChI is InChI=1S/C7H13NO3/c1-3-7(2)8-5(4-11-7)6(9)10/h5,8H,3-4H2,1-2H3,(H,9,10). The van der Waals surface area contributed by atoms with Gasteiger partial charge in [-0.25, -0.2) is 0 Å². The van der Waals surface area contributed by atoms with Crippen LogP contribution in [0.5, 0.6) is 0 Å². The van der Waals surface area contributed by atoms with Crippen LogP contribution in [0.15, 0.2) is 0 Å². The first-order chi connectivity index (χ1) is 5.07. The molecule has 1 aliphatic heterocycles. The van der Waals surface area contributed by atoms with E-state index in [2.05, 4.69) is 5.32 Å². The highest BCUT2D eigenvalue weighted by atomic mass is 16.5. The molecule has 0 aliphatic carbocycles. The predicted octanol–water partition coefficient (Wildman–Crippen LogP) is 0.186. The van der Waals surface area contributed by atoms with Crippen molar-refractivity contribution in [2.45, 2.75) is 32.0 Å². The van der Waals surface area contributed by atoms with E-state index in [1.807, 2.05) is 13.8 Å². The highest BCUT2D eigenvalue weighted by Crippen LogP contribution is 2.18. The molecule has 0 bridgehead atoms. The fraction of sp³-hybridized carbons (Fsp3) is 0.857. The van der Waals surface area contributed by atoms with Gasteiger partial charge in [-0.05, 0) is 13.3 Å². The van der Waals surface area contributed by atoms with Crippen LogP contribution in [0.4, 0.5) is 0 Å². The Labute approximate surface area is 65.5 Å². The number of hydrogen-bond acceptors (Lipinski definition) is 3. The molecule has 1 aliphatic rings. The van der Waals surface area contributed by atoms with Crippen molar-refractivity contribution in [3.8, 4) is 0 Å². The zero-order valence-electron chi connectivity index (χ0n) is 6.76. The van der Waals surface area contributed by atoms with Crippen LogP contribution in [0.25, 0.3) is 0 Å². The van der Waals surface area contributed by atoms with Gasteiger partial charge in [-0.2, -0.15) is 0 Å². The predicted molar refractivity (Wildman–Crippen MR) is 39.2 cm³/mol. The molecular weight excluding hydrogens is 146 g/mol. The molecule has 1 fully saturated rings. The molecule has 0 aromatic carbocycles. The number of carboxylic acid groups (broad SMARTS) is 1. The van der Waals surface area contributed by atoms with Gasteiger partial charge in [0.25, 0.3) is 0 Å². The van der Waals surface area contributed by atoms with Gasteiger partial charge in [0.05, 0.1) is 6.61 Å². The van der Waals surface area contributed by atoms with E-state index in [0.717, 1.165) is 6.42 Å². The van der Waals surface area contributed by atoms with Gasteiger partial charge in [-0.1, -0.05) is 6.92 Å². The van der Waals surface area contributed by atoms with Crippen molar-refractivity contribution in [2.75, 3.05) is 6.61 Å². The van der Waals surface area contributed by atoms with Crippen molar-refractivity contribution in [1.29, 1.82) is 0 Å². The van der Waals surface area contributed by atoms with Crippen LogP contribution < -0.4 is 5.32 Å². The third-order valence-electron chi connectivity index (χ3n) is 2.02. The Bertz CT molecular complexity index is 171.